The predicted octanol–water partition coefficient (Wildman–Crippen LogP) is 5.27. The summed E-state index contributed by atoms with van der Waals surface area (Å²) in [6.45, 7) is 10.5. The summed E-state index contributed by atoms with van der Waals surface area (Å²) >= 11 is 0. The number of hydrogen-bond acceptors (Lipinski definition) is 5. The van der Waals surface area contributed by atoms with Crippen molar-refractivity contribution in [3.8, 4) is 11.1 Å². The monoisotopic (exact) mass is 485 g/mol. The van der Waals surface area contributed by atoms with Crippen molar-refractivity contribution in [1.29, 1.82) is 0 Å². The Labute approximate surface area is 212 Å². The minimum absolute atomic E-state index is 0.00911. The van der Waals surface area contributed by atoms with Crippen molar-refractivity contribution >= 4 is 19.3 Å². The van der Waals surface area contributed by atoms with Gasteiger partial charge in [0, 0.05) is 23.7 Å². The van der Waals surface area contributed by atoms with Gasteiger partial charge in [0.2, 0.25) is 0 Å². The summed E-state index contributed by atoms with van der Waals surface area (Å²) in [6, 6.07) is 16.6. The van der Waals surface area contributed by atoms with Crippen LogP contribution in [0, 0.1) is 6.92 Å². The van der Waals surface area contributed by atoms with Gasteiger partial charge in [-0.15, -0.1) is 0 Å². The van der Waals surface area contributed by atoms with Crippen molar-refractivity contribution in [1.82, 2.24) is 15.5 Å². The molecule has 0 saturated carbocycles. The van der Waals surface area contributed by atoms with Crippen LogP contribution in [0.3, 0.4) is 0 Å². The Kier molecular flexibility index (Phi) is 6.26. The van der Waals surface area contributed by atoms with Crippen molar-refractivity contribution in [2.45, 2.75) is 51.7 Å². The first-order valence-electron chi connectivity index (χ1n) is 12.3. The zero-order valence-corrected chi connectivity index (χ0v) is 21.4. The lowest BCUT2D eigenvalue weighted by atomic mass is 9.77. The number of aryl methyl sites for hydroxylation is 1. The Hall–Kier alpha value is -3.36. The molecule has 1 aromatic heterocycles. The number of carbonyl (C=O) groups excluding carboxylic acids is 1. The molecule has 7 nitrogen and oxygen atoms in total. The molecule has 1 saturated heterocycles. The number of rotatable bonds is 6. The highest BCUT2D eigenvalue weighted by Crippen LogP contribution is 2.44. The van der Waals surface area contributed by atoms with Crippen LogP contribution in [0.4, 0.5) is 4.79 Å². The Morgan fingerprint density at radius 2 is 1.64 bits per heavy atom. The molecule has 5 rings (SSSR count). The highest BCUT2D eigenvalue weighted by Gasteiger charge is 2.52. The van der Waals surface area contributed by atoms with Crippen LogP contribution in [0.5, 0.6) is 0 Å². The van der Waals surface area contributed by atoms with Gasteiger partial charge in [0.15, 0.2) is 0 Å². The smallest absolute Gasteiger partial charge is 0.449 e. The summed E-state index contributed by atoms with van der Waals surface area (Å²) < 4.78 is 18.2. The van der Waals surface area contributed by atoms with Crippen molar-refractivity contribution in [2.75, 3.05) is 13.2 Å². The summed E-state index contributed by atoms with van der Waals surface area (Å²) in [4.78, 5) is 12.8. The first-order chi connectivity index (χ1) is 17.2. The first kappa shape index (κ1) is 24.3. The third-order valence-electron chi connectivity index (χ3n) is 7.55. The third kappa shape index (κ3) is 4.47. The molecule has 186 valence electrons. The predicted molar refractivity (Wildman–Crippen MR) is 140 cm³/mol. The van der Waals surface area contributed by atoms with Crippen LogP contribution >= 0.6 is 0 Å². The lowest BCUT2D eigenvalue weighted by Gasteiger charge is -2.32. The number of aromatic amines is 1. The van der Waals surface area contributed by atoms with E-state index in [1.165, 1.54) is 22.3 Å². The van der Waals surface area contributed by atoms with Gasteiger partial charge in [-0.3, -0.25) is 5.10 Å². The minimum atomic E-state index is -0.599. The fourth-order valence-electron chi connectivity index (χ4n) is 4.73. The van der Waals surface area contributed by atoms with E-state index in [1.54, 1.807) is 6.20 Å². The maximum atomic E-state index is 12.8. The molecule has 0 bridgehead atoms. The lowest BCUT2D eigenvalue weighted by Crippen LogP contribution is -2.41. The number of aromatic nitrogens is 2. The molecule has 2 aromatic carbocycles. The Bertz CT molecular complexity index is 1250. The van der Waals surface area contributed by atoms with Gasteiger partial charge in [0.1, 0.15) is 6.61 Å². The number of amides is 1. The van der Waals surface area contributed by atoms with E-state index in [0.29, 0.717) is 0 Å². The summed E-state index contributed by atoms with van der Waals surface area (Å²) in [5.41, 5.74) is 6.38. The van der Waals surface area contributed by atoms with Crippen LogP contribution in [0.1, 0.15) is 56.0 Å². The van der Waals surface area contributed by atoms with Crippen LogP contribution in [0.25, 0.3) is 17.2 Å². The van der Waals surface area contributed by atoms with Crippen molar-refractivity contribution in [3.05, 3.63) is 82.6 Å². The Morgan fingerprint density at radius 3 is 2.19 bits per heavy atom. The molecule has 0 radical (unpaired) electrons. The second kappa shape index (κ2) is 9.26. The van der Waals surface area contributed by atoms with Gasteiger partial charge >= 0.3 is 13.2 Å². The molecule has 2 aliphatic rings. The molecule has 2 N–H and O–H groups in total. The standard InChI is InChI=1S/C28H32BN3O4/c1-18-19(15-31-32-18)14-20(29-35-27(2,3)28(4,5)36-29)16-30-26(33)34-17-25-23-12-8-6-10-21(23)22-11-7-9-13-24(22)25/h6-15,25H,16-17H2,1-5H3,(H,30,33)(H,31,32). The fraction of sp³-hybridized carbons (Fsp3) is 0.357. The van der Waals surface area contributed by atoms with E-state index >= 15 is 0 Å². The van der Waals surface area contributed by atoms with E-state index in [-0.39, 0.29) is 19.1 Å². The van der Waals surface area contributed by atoms with Gasteiger partial charge in [-0.1, -0.05) is 54.6 Å². The molecule has 0 unspecified atom stereocenters. The van der Waals surface area contributed by atoms with Crippen molar-refractivity contribution in [2.24, 2.45) is 0 Å². The largest absolute Gasteiger partial charge is 0.492 e. The molecule has 1 aliphatic carbocycles. The molecule has 0 spiro atoms. The number of H-pyrrole nitrogens is 1. The first-order valence-corrected chi connectivity index (χ1v) is 12.3. The van der Waals surface area contributed by atoms with E-state index < -0.39 is 24.4 Å². The quantitative estimate of drug-likeness (QED) is 0.465. The second-order valence-corrected chi connectivity index (χ2v) is 10.4. The van der Waals surface area contributed by atoms with E-state index in [0.717, 1.165) is 16.7 Å². The average molecular weight is 485 g/mol. The van der Waals surface area contributed by atoms with Crippen LogP contribution < -0.4 is 5.32 Å². The summed E-state index contributed by atoms with van der Waals surface area (Å²) in [6.07, 6.45) is 3.21. The molecule has 3 aromatic rings. The van der Waals surface area contributed by atoms with Crippen LogP contribution in [0.15, 0.2) is 60.2 Å². The molecular weight excluding hydrogens is 453 g/mol. The highest BCUT2D eigenvalue weighted by atomic mass is 16.7. The maximum Gasteiger partial charge on any atom is 0.492 e. The number of nitrogens with one attached hydrogen (secondary N) is 2. The molecule has 1 aliphatic heterocycles. The normalized spacial score (nSPS) is 18.1. The van der Waals surface area contributed by atoms with E-state index in [4.69, 9.17) is 14.0 Å². The topological polar surface area (TPSA) is 85.5 Å². The van der Waals surface area contributed by atoms with E-state index in [2.05, 4.69) is 39.8 Å². The number of ether oxygens (including phenoxy) is 1. The molecule has 1 fully saturated rings. The van der Waals surface area contributed by atoms with Gasteiger partial charge in [0.05, 0.1) is 17.4 Å². The number of fused-ring (bicyclic) bond motifs is 3. The highest BCUT2D eigenvalue weighted by molar-refractivity contribution is 6.56. The van der Waals surface area contributed by atoms with Gasteiger partial charge < -0.3 is 19.4 Å². The third-order valence-corrected chi connectivity index (χ3v) is 7.55. The van der Waals surface area contributed by atoms with Crippen LogP contribution in [-0.4, -0.2) is 47.8 Å². The number of benzene rings is 2. The molecule has 8 heteroatoms. The Morgan fingerprint density at radius 1 is 1.06 bits per heavy atom. The van der Waals surface area contributed by atoms with Gasteiger partial charge in [-0.25, -0.2) is 4.79 Å². The second-order valence-electron chi connectivity index (χ2n) is 10.4. The maximum absolute atomic E-state index is 12.8. The van der Waals surface area contributed by atoms with Gasteiger partial charge in [0.25, 0.3) is 0 Å². The summed E-state index contributed by atoms with van der Waals surface area (Å²) in [7, 11) is -0.599. The summed E-state index contributed by atoms with van der Waals surface area (Å²) in [5.74, 6) is 0.00911. The van der Waals surface area contributed by atoms with Crippen molar-refractivity contribution in [3.63, 3.8) is 0 Å². The Balaban J connectivity index is 1.28. The molecule has 1 amide bonds. The number of carbonyl (C=O) groups is 1. The average Bonchev–Trinajstić information content (AvgIpc) is 3.46. The van der Waals surface area contributed by atoms with Crippen LogP contribution in [-0.2, 0) is 14.0 Å². The number of hydrogen-bond donors (Lipinski definition) is 2. The molecule has 36 heavy (non-hydrogen) atoms. The summed E-state index contributed by atoms with van der Waals surface area (Å²) in [5, 5.41) is 9.94. The zero-order valence-electron chi connectivity index (χ0n) is 21.4. The lowest BCUT2D eigenvalue weighted by molar-refractivity contribution is 0.00578. The van der Waals surface area contributed by atoms with E-state index in [9.17, 15) is 4.79 Å². The zero-order chi connectivity index (χ0) is 25.5. The molecule has 0 atom stereocenters. The number of nitrogens with zero attached hydrogens (tertiary/aromatic N) is 1. The van der Waals surface area contributed by atoms with Crippen LogP contribution in [0.2, 0.25) is 0 Å². The fourth-order valence-corrected chi connectivity index (χ4v) is 4.73. The van der Waals surface area contributed by atoms with Crippen molar-refractivity contribution < 1.29 is 18.8 Å². The molecule has 2 heterocycles. The van der Waals surface area contributed by atoms with E-state index in [1.807, 2.05) is 65.0 Å². The molecular formula is C28H32BN3O4. The van der Waals surface area contributed by atoms with Gasteiger partial charge in [-0.2, -0.15) is 5.10 Å². The SMILES string of the molecule is Cc1[nH]ncc1C=C(CNC(=O)OCC1c2ccccc2-c2ccccc21)B1OC(C)(C)C(C)(C)O1. The minimum Gasteiger partial charge on any atom is -0.449 e. The number of alkyl carbamates (subject to hydrolysis) is 1. The van der Waals surface area contributed by atoms with Gasteiger partial charge in [-0.05, 0) is 62.3 Å².